The van der Waals surface area contributed by atoms with Crippen LogP contribution in [0.1, 0.15) is 36.8 Å². The van der Waals surface area contributed by atoms with Gasteiger partial charge in [0.25, 0.3) is 0 Å². The molecule has 0 aliphatic carbocycles. The number of aromatic nitrogens is 3. The van der Waals surface area contributed by atoms with Crippen molar-refractivity contribution < 1.29 is 19.4 Å². The predicted octanol–water partition coefficient (Wildman–Crippen LogP) is 1.45. The van der Waals surface area contributed by atoms with Crippen LogP contribution in [0.5, 0.6) is 0 Å². The van der Waals surface area contributed by atoms with E-state index in [0.29, 0.717) is 11.3 Å². The van der Waals surface area contributed by atoms with Crippen LogP contribution in [-0.4, -0.2) is 37.4 Å². The molecular formula is C13H16N4O4. The van der Waals surface area contributed by atoms with Gasteiger partial charge in [-0.25, -0.2) is 19.1 Å². The van der Waals surface area contributed by atoms with Crippen LogP contribution in [0.3, 0.4) is 0 Å². The van der Waals surface area contributed by atoms with E-state index in [-0.39, 0.29) is 12.1 Å². The number of aromatic carboxylic acids is 1. The van der Waals surface area contributed by atoms with Gasteiger partial charge in [0.05, 0.1) is 17.8 Å². The molecule has 8 nitrogen and oxygen atoms in total. The maximum Gasteiger partial charge on any atom is 0.407 e. The van der Waals surface area contributed by atoms with Crippen molar-refractivity contribution in [3.63, 3.8) is 0 Å². The number of fused-ring (bicyclic) bond motifs is 1. The van der Waals surface area contributed by atoms with Crippen LogP contribution in [0.25, 0.3) is 5.65 Å². The number of hydrogen-bond acceptors (Lipinski definition) is 5. The molecule has 2 aromatic rings. The molecule has 0 saturated heterocycles. The monoisotopic (exact) mass is 292 g/mol. The van der Waals surface area contributed by atoms with E-state index in [0.717, 1.165) is 0 Å². The first-order valence-electron chi connectivity index (χ1n) is 6.29. The molecule has 0 saturated carbocycles. The summed E-state index contributed by atoms with van der Waals surface area (Å²) in [7, 11) is 0. The number of nitrogens with zero attached hydrogens (tertiary/aromatic N) is 3. The van der Waals surface area contributed by atoms with Crippen molar-refractivity contribution >= 4 is 17.7 Å². The van der Waals surface area contributed by atoms with Crippen LogP contribution in [0, 0.1) is 0 Å². The predicted molar refractivity (Wildman–Crippen MR) is 73.0 cm³/mol. The molecule has 0 bridgehead atoms. The van der Waals surface area contributed by atoms with Crippen LogP contribution in [0.15, 0.2) is 18.5 Å². The summed E-state index contributed by atoms with van der Waals surface area (Å²) in [6.45, 7) is 5.49. The van der Waals surface area contributed by atoms with Gasteiger partial charge in [0, 0.05) is 18.5 Å². The number of carboxylic acids is 1. The fourth-order valence-corrected chi connectivity index (χ4v) is 1.60. The summed E-state index contributed by atoms with van der Waals surface area (Å²) in [5.74, 6) is -1.08. The van der Waals surface area contributed by atoms with E-state index < -0.39 is 17.7 Å². The van der Waals surface area contributed by atoms with E-state index in [4.69, 9.17) is 9.84 Å². The zero-order valence-corrected chi connectivity index (χ0v) is 12.0. The maximum absolute atomic E-state index is 11.5. The Kier molecular flexibility index (Phi) is 3.79. The van der Waals surface area contributed by atoms with Gasteiger partial charge in [-0.3, -0.25) is 0 Å². The van der Waals surface area contributed by atoms with Crippen molar-refractivity contribution in [2.75, 3.05) is 0 Å². The van der Waals surface area contributed by atoms with E-state index in [9.17, 15) is 9.59 Å². The Morgan fingerprint density at radius 1 is 1.43 bits per heavy atom. The van der Waals surface area contributed by atoms with Crippen LogP contribution in [-0.2, 0) is 11.3 Å². The average Bonchev–Trinajstić information content (AvgIpc) is 2.75. The summed E-state index contributed by atoms with van der Waals surface area (Å²) in [6.07, 6.45) is 2.07. The second-order valence-electron chi connectivity index (χ2n) is 5.44. The van der Waals surface area contributed by atoms with Crippen LogP contribution >= 0.6 is 0 Å². The van der Waals surface area contributed by atoms with Gasteiger partial charge in [-0.05, 0) is 20.8 Å². The lowest BCUT2D eigenvalue weighted by molar-refractivity contribution is 0.0522. The molecule has 0 radical (unpaired) electrons. The lowest BCUT2D eigenvalue weighted by Crippen LogP contribution is -2.32. The minimum atomic E-state index is -1.08. The molecule has 2 N–H and O–H groups in total. The zero-order valence-electron chi connectivity index (χ0n) is 12.0. The highest BCUT2D eigenvalue weighted by Gasteiger charge is 2.16. The molecule has 0 aliphatic rings. The molecule has 112 valence electrons. The Hall–Kier alpha value is -2.64. The van der Waals surface area contributed by atoms with Crippen molar-refractivity contribution in [1.29, 1.82) is 0 Å². The molecule has 0 atom stereocenters. The first-order valence-corrected chi connectivity index (χ1v) is 6.29. The van der Waals surface area contributed by atoms with Gasteiger partial charge in [-0.2, -0.15) is 5.10 Å². The second-order valence-corrected chi connectivity index (χ2v) is 5.44. The zero-order chi connectivity index (χ0) is 15.6. The molecule has 0 fully saturated rings. The Balaban J connectivity index is 2.06. The lowest BCUT2D eigenvalue weighted by atomic mass is 10.2. The quantitative estimate of drug-likeness (QED) is 0.887. The van der Waals surface area contributed by atoms with Crippen molar-refractivity contribution in [2.24, 2.45) is 0 Å². The number of carbonyl (C=O) groups excluding carboxylic acids is 1. The van der Waals surface area contributed by atoms with Gasteiger partial charge in [-0.15, -0.1) is 0 Å². The molecule has 8 heteroatoms. The fourth-order valence-electron chi connectivity index (χ4n) is 1.60. The number of nitrogens with one attached hydrogen (secondary N) is 1. The van der Waals surface area contributed by atoms with E-state index in [1.165, 1.54) is 16.9 Å². The lowest BCUT2D eigenvalue weighted by Gasteiger charge is -2.19. The molecule has 2 rings (SSSR count). The maximum atomic E-state index is 11.5. The summed E-state index contributed by atoms with van der Waals surface area (Å²) >= 11 is 0. The summed E-state index contributed by atoms with van der Waals surface area (Å²) in [5, 5.41) is 15.6. The Bertz CT molecular complexity index is 687. The highest BCUT2D eigenvalue weighted by molar-refractivity contribution is 5.87. The first-order chi connectivity index (χ1) is 9.74. The van der Waals surface area contributed by atoms with Gasteiger partial charge in [-0.1, -0.05) is 0 Å². The topological polar surface area (TPSA) is 106 Å². The third-order valence-corrected chi connectivity index (χ3v) is 2.42. The number of rotatable bonds is 3. The van der Waals surface area contributed by atoms with Gasteiger partial charge in [0.15, 0.2) is 5.65 Å². The highest BCUT2D eigenvalue weighted by atomic mass is 16.6. The summed E-state index contributed by atoms with van der Waals surface area (Å²) in [4.78, 5) is 26.4. The van der Waals surface area contributed by atoms with Gasteiger partial charge in [0.1, 0.15) is 5.60 Å². The Morgan fingerprint density at radius 2 is 2.14 bits per heavy atom. The standard InChI is InChI=1S/C13H16N4O4/c1-13(2,3)21-12(20)15-6-9-4-10-14-5-8(11(18)19)7-17(10)16-9/h4-5,7H,6H2,1-3H3,(H,15,20)(H,18,19). The smallest absolute Gasteiger partial charge is 0.407 e. The minimum absolute atomic E-state index is 0.0391. The molecule has 2 heterocycles. The molecule has 1 amide bonds. The minimum Gasteiger partial charge on any atom is -0.478 e. The third-order valence-electron chi connectivity index (χ3n) is 2.42. The average molecular weight is 292 g/mol. The van der Waals surface area contributed by atoms with E-state index in [1.807, 2.05) is 0 Å². The number of alkyl carbamates (subject to hydrolysis) is 1. The molecule has 2 aromatic heterocycles. The highest BCUT2D eigenvalue weighted by Crippen LogP contribution is 2.08. The summed E-state index contributed by atoms with van der Waals surface area (Å²) < 4.78 is 6.46. The molecular weight excluding hydrogens is 276 g/mol. The number of carbonyl (C=O) groups is 2. The second kappa shape index (κ2) is 5.39. The van der Waals surface area contributed by atoms with Crippen LogP contribution in [0.4, 0.5) is 4.79 Å². The molecule has 0 spiro atoms. The number of ether oxygens (including phenoxy) is 1. The van der Waals surface area contributed by atoms with Crippen molar-refractivity contribution in [3.05, 3.63) is 29.7 Å². The molecule has 0 aliphatic heterocycles. The van der Waals surface area contributed by atoms with Gasteiger partial charge >= 0.3 is 12.1 Å². The van der Waals surface area contributed by atoms with Gasteiger partial charge < -0.3 is 15.2 Å². The summed E-state index contributed by atoms with van der Waals surface area (Å²) in [6, 6.07) is 1.66. The van der Waals surface area contributed by atoms with Crippen molar-refractivity contribution in [3.8, 4) is 0 Å². The number of hydrogen-bond donors (Lipinski definition) is 2. The summed E-state index contributed by atoms with van der Waals surface area (Å²) in [5.41, 5.74) is 0.523. The number of carboxylic acid groups (broad SMARTS) is 1. The normalized spacial score (nSPS) is 11.4. The first kappa shape index (κ1) is 14.8. The SMILES string of the molecule is CC(C)(C)OC(=O)NCc1cc2ncc(C(=O)O)cn2n1. The molecule has 21 heavy (non-hydrogen) atoms. The van der Waals surface area contributed by atoms with E-state index in [1.54, 1.807) is 26.8 Å². The van der Waals surface area contributed by atoms with Crippen molar-refractivity contribution in [2.45, 2.75) is 32.9 Å². The Labute approximate surface area is 120 Å². The number of amides is 1. The van der Waals surface area contributed by atoms with E-state index in [2.05, 4.69) is 15.4 Å². The van der Waals surface area contributed by atoms with Gasteiger partial charge in [0.2, 0.25) is 0 Å². The molecule has 0 aromatic carbocycles. The Morgan fingerprint density at radius 3 is 2.76 bits per heavy atom. The molecule has 0 unspecified atom stereocenters. The van der Waals surface area contributed by atoms with Crippen molar-refractivity contribution in [1.82, 2.24) is 19.9 Å². The third kappa shape index (κ3) is 3.91. The van der Waals surface area contributed by atoms with Crippen LogP contribution < -0.4 is 5.32 Å². The van der Waals surface area contributed by atoms with Crippen LogP contribution in [0.2, 0.25) is 0 Å². The largest absolute Gasteiger partial charge is 0.478 e. The van der Waals surface area contributed by atoms with E-state index >= 15 is 0 Å². The fraction of sp³-hybridized carbons (Fsp3) is 0.385.